The van der Waals surface area contributed by atoms with Crippen LogP contribution in [0.3, 0.4) is 0 Å². The number of hydrogen-bond acceptors (Lipinski definition) is 3. The molecular weight excluding hydrogens is 228 g/mol. The molecule has 0 N–H and O–H groups in total. The monoisotopic (exact) mass is 248 g/mol. The van der Waals surface area contributed by atoms with Crippen molar-refractivity contribution >= 4 is 11.3 Å². The van der Waals surface area contributed by atoms with E-state index >= 15 is 0 Å². The normalized spacial score (nSPS) is 16.5. The van der Waals surface area contributed by atoms with Gasteiger partial charge in [0.15, 0.2) is 0 Å². The van der Waals surface area contributed by atoms with Gasteiger partial charge >= 0.3 is 0 Å². The summed E-state index contributed by atoms with van der Waals surface area (Å²) in [6, 6.07) is 7.40. The summed E-state index contributed by atoms with van der Waals surface area (Å²) in [6.07, 6.45) is 6.32. The zero-order chi connectivity index (χ0) is 12.1. The Morgan fingerprint density at radius 1 is 1.35 bits per heavy atom. The molecule has 17 heavy (non-hydrogen) atoms. The van der Waals surface area contributed by atoms with Crippen LogP contribution in [0.4, 0.5) is 0 Å². The highest BCUT2D eigenvalue weighted by atomic mass is 32.1. The van der Waals surface area contributed by atoms with Crippen LogP contribution in [-0.4, -0.2) is 17.5 Å². The molecule has 0 aliphatic heterocycles. The SMILES string of the molecule is CCc1ccc(CN(CC#N)C2CCCC2)s1. The van der Waals surface area contributed by atoms with E-state index in [1.54, 1.807) is 0 Å². The second-order valence-corrected chi connectivity index (χ2v) is 5.98. The molecule has 0 radical (unpaired) electrons. The third-order valence-electron chi connectivity index (χ3n) is 3.54. The molecule has 0 amide bonds. The summed E-state index contributed by atoms with van der Waals surface area (Å²) in [5.41, 5.74) is 0. The Kier molecular flexibility index (Phi) is 4.58. The molecule has 0 spiro atoms. The molecule has 1 heterocycles. The van der Waals surface area contributed by atoms with Gasteiger partial charge in [-0.25, -0.2) is 0 Å². The predicted octanol–water partition coefficient (Wildman–Crippen LogP) is 3.58. The minimum Gasteiger partial charge on any atom is -0.282 e. The minimum absolute atomic E-state index is 0.573. The van der Waals surface area contributed by atoms with Crippen LogP contribution >= 0.6 is 11.3 Å². The summed E-state index contributed by atoms with van der Waals surface area (Å²) >= 11 is 1.89. The van der Waals surface area contributed by atoms with Crippen LogP contribution in [0, 0.1) is 11.3 Å². The maximum Gasteiger partial charge on any atom is 0.0871 e. The van der Waals surface area contributed by atoms with Gasteiger partial charge < -0.3 is 0 Å². The first-order valence-corrected chi connectivity index (χ1v) is 7.33. The summed E-state index contributed by atoms with van der Waals surface area (Å²) < 4.78 is 0. The van der Waals surface area contributed by atoms with Gasteiger partial charge in [-0.15, -0.1) is 11.3 Å². The second-order valence-electron chi connectivity index (χ2n) is 4.72. The Morgan fingerprint density at radius 3 is 2.65 bits per heavy atom. The average molecular weight is 248 g/mol. The highest BCUT2D eigenvalue weighted by Crippen LogP contribution is 2.26. The van der Waals surface area contributed by atoms with E-state index in [1.165, 1.54) is 35.4 Å². The number of rotatable bonds is 5. The van der Waals surface area contributed by atoms with Crippen molar-refractivity contribution in [1.82, 2.24) is 4.90 Å². The van der Waals surface area contributed by atoms with Crippen molar-refractivity contribution in [3.63, 3.8) is 0 Å². The van der Waals surface area contributed by atoms with Gasteiger partial charge in [0, 0.05) is 22.3 Å². The van der Waals surface area contributed by atoms with E-state index in [-0.39, 0.29) is 0 Å². The molecule has 3 heteroatoms. The maximum absolute atomic E-state index is 8.94. The Hall–Kier alpha value is -0.850. The van der Waals surface area contributed by atoms with Crippen molar-refractivity contribution in [3.8, 4) is 6.07 Å². The molecule has 2 nitrogen and oxygen atoms in total. The van der Waals surface area contributed by atoms with Gasteiger partial charge in [-0.2, -0.15) is 5.26 Å². The Morgan fingerprint density at radius 2 is 2.06 bits per heavy atom. The van der Waals surface area contributed by atoms with Gasteiger partial charge in [0.05, 0.1) is 12.6 Å². The quantitative estimate of drug-likeness (QED) is 0.745. The van der Waals surface area contributed by atoms with E-state index in [0.717, 1.165) is 13.0 Å². The standard InChI is InChI=1S/C14H20N2S/c1-2-13-7-8-14(17-13)11-16(10-9-15)12-5-3-4-6-12/h7-8,12H,2-6,10-11H2,1H3. The van der Waals surface area contributed by atoms with E-state index < -0.39 is 0 Å². The molecule has 1 saturated carbocycles. The van der Waals surface area contributed by atoms with Crippen molar-refractivity contribution in [1.29, 1.82) is 5.26 Å². The molecule has 1 aliphatic carbocycles. The lowest BCUT2D eigenvalue weighted by atomic mass is 10.2. The summed E-state index contributed by atoms with van der Waals surface area (Å²) in [7, 11) is 0. The molecule has 2 rings (SSSR count). The van der Waals surface area contributed by atoms with Crippen molar-refractivity contribution < 1.29 is 0 Å². The molecule has 0 atom stereocenters. The van der Waals surface area contributed by atoms with Gasteiger partial charge in [0.2, 0.25) is 0 Å². The molecule has 0 saturated heterocycles. The fraction of sp³-hybridized carbons (Fsp3) is 0.643. The number of thiophene rings is 1. The van der Waals surface area contributed by atoms with E-state index in [0.29, 0.717) is 12.6 Å². The Balaban J connectivity index is 1.99. The lowest BCUT2D eigenvalue weighted by Crippen LogP contribution is -2.32. The highest BCUT2D eigenvalue weighted by Gasteiger charge is 2.22. The smallest absolute Gasteiger partial charge is 0.0871 e. The van der Waals surface area contributed by atoms with Gasteiger partial charge in [0.1, 0.15) is 0 Å². The van der Waals surface area contributed by atoms with Crippen molar-refractivity contribution in [2.24, 2.45) is 0 Å². The molecule has 92 valence electrons. The Labute approximate surface area is 108 Å². The summed E-state index contributed by atoms with van der Waals surface area (Å²) in [4.78, 5) is 5.21. The lowest BCUT2D eigenvalue weighted by Gasteiger charge is -2.25. The van der Waals surface area contributed by atoms with Gasteiger partial charge in [-0.1, -0.05) is 19.8 Å². The van der Waals surface area contributed by atoms with Gasteiger partial charge in [-0.05, 0) is 31.4 Å². The van der Waals surface area contributed by atoms with E-state index in [2.05, 4.69) is 30.0 Å². The fourth-order valence-corrected chi connectivity index (χ4v) is 3.56. The van der Waals surface area contributed by atoms with Gasteiger partial charge in [-0.3, -0.25) is 4.90 Å². The molecular formula is C14H20N2S. The molecule has 1 aromatic heterocycles. The third-order valence-corrected chi connectivity index (χ3v) is 4.75. The third kappa shape index (κ3) is 3.31. The molecule has 1 aliphatic rings. The van der Waals surface area contributed by atoms with Crippen LogP contribution < -0.4 is 0 Å². The fourth-order valence-electron chi connectivity index (χ4n) is 2.57. The van der Waals surface area contributed by atoms with Crippen LogP contribution in [0.15, 0.2) is 12.1 Å². The topological polar surface area (TPSA) is 27.0 Å². The highest BCUT2D eigenvalue weighted by molar-refractivity contribution is 7.11. The van der Waals surface area contributed by atoms with E-state index in [4.69, 9.17) is 5.26 Å². The predicted molar refractivity (Wildman–Crippen MR) is 72.0 cm³/mol. The van der Waals surface area contributed by atoms with E-state index in [9.17, 15) is 0 Å². The first-order chi connectivity index (χ1) is 8.33. The van der Waals surface area contributed by atoms with Crippen molar-refractivity contribution in [2.75, 3.05) is 6.54 Å². The maximum atomic E-state index is 8.94. The summed E-state index contributed by atoms with van der Waals surface area (Å²) in [5.74, 6) is 0. The number of nitriles is 1. The molecule has 0 bridgehead atoms. The summed E-state index contributed by atoms with van der Waals surface area (Å²) in [5, 5.41) is 8.94. The average Bonchev–Trinajstić information content (AvgIpc) is 2.99. The van der Waals surface area contributed by atoms with Crippen LogP contribution in [0.25, 0.3) is 0 Å². The number of aryl methyl sites for hydroxylation is 1. The lowest BCUT2D eigenvalue weighted by molar-refractivity contribution is 0.216. The van der Waals surface area contributed by atoms with E-state index in [1.807, 2.05) is 11.3 Å². The second kappa shape index (κ2) is 6.18. The van der Waals surface area contributed by atoms with Crippen LogP contribution in [0.5, 0.6) is 0 Å². The molecule has 1 fully saturated rings. The molecule has 0 unspecified atom stereocenters. The van der Waals surface area contributed by atoms with Gasteiger partial charge in [0.25, 0.3) is 0 Å². The first-order valence-electron chi connectivity index (χ1n) is 6.52. The summed E-state index contributed by atoms with van der Waals surface area (Å²) in [6.45, 7) is 3.73. The first kappa shape index (κ1) is 12.6. The van der Waals surface area contributed by atoms with Crippen molar-refractivity contribution in [2.45, 2.75) is 51.6 Å². The largest absolute Gasteiger partial charge is 0.282 e. The number of hydrogen-bond donors (Lipinski definition) is 0. The van der Waals surface area contributed by atoms with Crippen LogP contribution in [0.2, 0.25) is 0 Å². The Bertz CT molecular complexity index is 385. The zero-order valence-corrected chi connectivity index (χ0v) is 11.3. The van der Waals surface area contributed by atoms with Crippen LogP contribution in [-0.2, 0) is 13.0 Å². The van der Waals surface area contributed by atoms with Crippen LogP contribution in [0.1, 0.15) is 42.4 Å². The zero-order valence-electron chi connectivity index (χ0n) is 10.5. The molecule has 1 aromatic rings. The number of nitrogens with zero attached hydrogens (tertiary/aromatic N) is 2. The molecule has 0 aromatic carbocycles. The van der Waals surface area contributed by atoms with Crippen molar-refractivity contribution in [3.05, 3.63) is 21.9 Å². The minimum atomic E-state index is 0.573.